The second-order valence-electron chi connectivity index (χ2n) is 7.16. The third-order valence-corrected chi connectivity index (χ3v) is 10.8. The summed E-state index contributed by atoms with van der Waals surface area (Å²) in [6.07, 6.45) is 1.76. The lowest BCUT2D eigenvalue weighted by molar-refractivity contribution is 0.177. The Hall–Kier alpha value is -0.943. The van der Waals surface area contributed by atoms with Crippen LogP contribution in [0.5, 0.6) is 0 Å². The van der Waals surface area contributed by atoms with Crippen molar-refractivity contribution in [2.24, 2.45) is 0 Å². The Morgan fingerprint density at radius 1 is 0.929 bits per heavy atom. The van der Waals surface area contributed by atoms with E-state index in [1.54, 1.807) is 0 Å². The van der Waals surface area contributed by atoms with Gasteiger partial charge in [0.05, 0.1) is 6.10 Å². The first-order chi connectivity index (χ1) is 13.3. The summed E-state index contributed by atoms with van der Waals surface area (Å²) in [7, 11) is -1.89. The van der Waals surface area contributed by atoms with Gasteiger partial charge in [0.1, 0.15) is 11.6 Å². The Labute approximate surface area is 178 Å². The highest BCUT2D eigenvalue weighted by Crippen LogP contribution is 2.39. The molecule has 0 aromatic heterocycles. The van der Waals surface area contributed by atoms with Crippen LogP contribution in [0.1, 0.15) is 50.8 Å². The van der Waals surface area contributed by atoms with Crippen molar-refractivity contribution in [1.29, 1.82) is 0 Å². The zero-order valence-electron chi connectivity index (χ0n) is 16.7. The van der Waals surface area contributed by atoms with Crippen LogP contribution in [0.2, 0.25) is 28.2 Å². The van der Waals surface area contributed by atoms with Gasteiger partial charge in [-0.2, -0.15) is 0 Å². The number of halogens is 4. The summed E-state index contributed by atoms with van der Waals surface area (Å²) in [6.45, 7) is 6.54. The number of rotatable bonds is 10. The number of benzene rings is 2. The van der Waals surface area contributed by atoms with E-state index in [0.717, 1.165) is 36.2 Å². The molecule has 0 aliphatic heterocycles. The average molecular weight is 445 g/mol. The second kappa shape index (κ2) is 10.7. The van der Waals surface area contributed by atoms with E-state index in [2.05, 4.69) is 20.8 Å². The van der Waals surface area contributed by atoms with Gasteiger partial charge in [-0.1, -0.05) is 50.0 Å². The molecule has 6 heteroatoms. The second-order valence-corrected chi connectivity index (χ2v) is 12.7. The molecule has 0 radical (unpaired) electrons. The van der Waals surface area contributed by atoms with Crippen molar-refractivity contribution in [2.75, 3.05) is 0 Å². The number of hydrogen-bond donors (Lipinski definition) is 0. The molecule has 2 aromatic rings. The topological polar surface area (TPSA) is 9.23 Å². The fourth-order valence-electron chi connectivity index (χ4n) is 3.63. The van der Waals surface area contributed by atoms with E-state index in [9.17, 15) is 8.78 Å². The molecule has 1 atom stereocenters. The highest BCUT2D eigenvalue weighted by molar-refractivity contribution is 6.73. The van der Waals surface area contributed by atoms with Crippen molar-refractivity contribution in [1.82, 2.24) is 0 Å². The molecule has 1 unspecified atom stereocenters. The van der Waals surface area contributed by atoms with E-state index in [1.165, 1.54) is 12.1 Å². The molecule has 28 heavy (non-hydrogen) atoms. The third-order valence-electron chi connectivity index (χ3n) is 5.50. The molecule has 2 aromatic carbocycles. The molecule has 0 saturated heterocycles. The summed E-state index contributed by atoms with van der Waals surface area (Å²) in [5.41, 5.74) is 1.47. The Morgan fingerprint density at radius 2 is 1.46 bits per heavy atom. The summed E-state index contributed by atoms with van der Waals surface area (Å²) in [6, 6.07) is 12.2. The van der Waals surface area contributed by atoms with Crippen LogP contribution in [0.3, 0.4) is 0 Å². The molecule has 0 bridgehead atoms. The van der Waals surface area contributed by atoms with Gasteiger partial charge in [-0.15, -0.1) is 0 Å². The third kappa shape index (κ3) is 6.03. The molecule has 0 aliphatic carbocycles. The van der Waals surface area contributed by atoms with Gasteiger partial charge in [-0.25, -0.2) is 8.78 Å². The first-order valence-corrected chi connectivity index (χ1v) is 13.2. The lowest BCUT2D eigenvalue weighted by Crippen LogP contribution is -2.37. The summed E-state index contributed by atoms with van der Waals surface area (Å²) in [5, 5.41) is 1.20. The Balaban J connectivity index is 2.23. The van der Waals surface area contributed by atoms with Gasteiger partial charge in [0, 0.05) is 21.7 Å². The summed E-state index contributed by atoms with van der Waals surface area (Å²) < 4.78 is 33.6. The highest BCUT2D eigenvalue weighted by Gasteiger charge is 2.33. The number of aryl methyl sites for hydroxylation is 1. The van der Waals surface area contributed by atoms with Gasteiger partial charge >= 0.3 is 0 Å². The van der Waals surface area contributed by atoms with Crippen molar-refractivity contribution in [3.05, 3.63) is 69.2 Å². The lowest BCUT2D eigenvalue weighted by Gasteiger charge is -2.34. The van der Waals surface area contributed by atoms with Gasteiger partial charge in [0.2, 0.25) is 0 Å². The minimum Gasteiger partial charge on any atom is -0.410 e. The number of hydrogen-bond acceptors (Lipinski definition) is 1. The van der Waals surface area contributed by atoms with E-state index in [-0.39, 0.29) is 6.10 Å². The molecule has 0 fully saturated rings. The van der Waals surface area contributed by atoms with Crippen molar-refractivity contribution in [3.63, 3.8) is 0 Å². The maximum atomic E-state index is 13.5. The maximum absolute atomic E-state index is 13.5. The molecule has 0 spiro atoms. The normalized spacial score (nSPS) is 13.0. The largest absolute Gasteiger partial charge is 0.410 e. The maximum Gasteiger partial charge on any atom is 0.192 e. The van der Waals surface area contributed by atoms with Crippen LogP contribution in [0.15, 0.2) is 36.4 Å². The van der Waals surface area contributed by atoms with Crippen molar-refractivity contribution in [2.45, 2.75) is 64.3 Å². The first kappa shape index (κ1) is 23.3. The van der Waals surface area contributed by atoms with Gasteiger partial charge in [-0.05, 0) is 67.2 Å². The van der Waals surface area contributed by atoms with Crippen LogP contribution in [0.25, 0.3) is 0 Å². The minimum atomic E-state index is -1.89. The van der Waals surface area contributed by atoms with E-state index < -0.39 is 20.0 Å². The van der Waals surface area contributed by atoms with Crippen molar-refractivity contribution >= 4 is 31.5 Å². The zero-order chi connectivity index (χ0) is 20.7. The molecule has 2 rings (SSSR count). The standard InChI is InChI=1S/C22H28Cl2F2OSi/c1-4-28(5-2,6-3)27-21(22-19(23)10-8-11-20(22)24)12-7-9-16-13-17(25)15-18(26)14-16/h8,10-11,13-15,21H,4-7,9,12H2,1-3H3. The van der Waals surface area contributed by atoms with Crippen LogP contribution in [-0.2, 0) is 10.8 Å². The molecule has 1 nitrogen and oxygen atoms in total. The molecule has 154 valence electrons. The van der Waals surface area contributed by atoms with E-state index >= 15 is 0 Å². The van der Waals surface area contributed by atoms with E-state index in [0.29, 0.717) is 28.5 Å². The van der Waals surface area contributed by atoms with Gasteiger partial charge in [0.15, 0.2) is 8.32 Å². The highest BCUT2D eigenvalue weighted by atomic mass is 35.5. The molecule has 0 N–H and O–H groups in total. The molecular formula is C22H28Cl2F2OSi. The van der Waals surface area contributed by atoms with Crippen LogP contribution in [0.4, 0.5) is 8.78 Å². The molecular weight excluding hydrogens is 417 g/mol. The van der Waals surface area contributed by atoms with E-state index in [4.69, 9.17) is 27.6 Å². The summed E-state index contributed by atoms with van der Waals surface area (Å²) in [5.74, 6) is -1.10. The van der Waals surface area contributed by atoms with E-state index in [1.807, 2.05) is 18.2 Å². The minimum absolute atomic E-state index is 0.217. The van der Waals surface area contributed by atoms with Crippen LogP contribution < -0.4 is 0 Å². The van der Waals surface area contributed by atoms with Crippen LogP contribution in [-0.4, -0.2) is 8.32 Å². The Kier molecular flexibility index (Phi) is 8.94. The van der Waals surface area contributed by atoms with Gasteiger partial charge < -0.3 is 4.43 Å². The SMILES string of the molecule is CC[Si](CC)(CC)OC(CCCc1cc(F)cc(F)c1)c1c(Cl)cccc1Cl. The fraction of sp³-hybridized carbons (Fsp3) is 0.455. The van der Waals surface area contributed by atoms with Crippen LogP contribution >= 0.6 is 23.2 Å². The van der Waals surface area contributed by atoms with Crippen LogP contribution in [0, 0.1) is 11.6 Å². The predicted octanol–water partition coefficient (Wildman–Crippen LogP) is 8.36. The molecule has 0 saturated carbocycles. The monoisotopic (exact) mass is 444 g/mol. The average Bonchev–Trinajstić information content (AvgIpc) is 2.65. The fourth-order valence-corrected chi connectivity index (χ4v) is 7.11. The van der Waals surface area contributed by atoms with Gasteiger partial charge in [0.25, 0.3) is 0 Å². The Morgan fingerprint density at radius 3 is 1.96 bits per heavy atom. The smallest absolute Gasteiger partial charge is 0.192 e. The van der Waals surface area contributed by atoms with Crippen molar-refractivity contribution < 1.29 is 13.2 Å². The van der Waals surface area contributed by atoms with Gasteiger partial charge in [-0.3, -0.25) is 0 Å². The summed E-state index contributed by atoms with van der Waals surface area (Å²) >= 11 is 12.9. The lowest BCUT2D eigenvalue weighted by atomic mass is 10.0. The Bertz CT molecular complexity index is 732. The molecule has 0 aliphatic rings. The van der Waals surface area contributed by atoms with Crippen molar-refractivity contribution in [3.8, 4) is 0 Å². The molecule has 0 heterocycles. The zero-order valence-corrected chi connectivity index (χ0v) is 19.2. The molecule has 0 amide bonds. The summed E-state index contributed by atoms with van der Waals surface area (Å²) in [4.78, 5) is 0. The predicted molar refractivity (Wildman–Crippen MR) is 117 cm³/mol. The quantitative estimate of drug-likeness (QED) is 0.334. The first-order valence-electron chi connectivity index (χ1n) is 9.90.